The number of benzene rings is 2. The SMILES string of the molecule is CCOc1cc(CC(N)c2ccncc2)ccc1OCc1ccc(Cl)cc1. The summed E-state index contributed by atoms with van der Waals surface area (Å²) >= 11 is 5.92. The Morgan fingerprint density at radius 1 is 0.926 bits per heavy atom. The third kappa shape index (κ3) is 5.46. The van der Waals surface area contributed by atoms with Gasteiger partial charge in [0.05, 0.1) is 6.61 Å². The summed E-state index contributed by atoms with van der Waals surface area (Å²) in [5, 5.41) is 0.712. The highest BCUT2D eigenvalue weighted by atomic mass is 35.5. The van der Waals surface area contributed by atoms with E-state index in [4.69, 9.17) is 26.8 Å². The van der Waals surface area contributed by atoms with Crippen LogP contribution in [-0.2, 0) is 13.0 Å². The second kappa shape index (κ2) is 9.40. The van der Waals surface area contributed by atoms with Gasteiger partial charge in [-0.3, -0.25) is 4.98 Å². The van der Waals surface area contributed by atoms with E-state index >= 15 is 0 Å². The van der Waals surface area contributed by atoms with Crippen molar-refractivity contribution >= 4 is 11.6 Å². The fourth-order valence-electron chi connectivity index (χ4n) is 2.79. The monoisotopic (exact) mass is 382 g/mol. The van der Waals surface area contributed by atoms with E-state index in [1.165, 1.54) is 0 Å². The molecule has 0 radical (unpaired) electrons. The molecule has 0 saturated carbocycles. The van der Waals surface area contributed by atoms with E-state index in [0.717, 1.165) is 22.4 Å². The van der Waals surface area contributed by atoms with Crippen LogP contribution in [0.5, 0.6) is 11.5 Å². The van der Waals surface area contributed by atoms with Crippen molar-refractivity contribution in [2.45, 2.75) is 26.0 Å². The first-order valence-electron chi connectivity index (χ1n) is 8.94. The molecule has 1 unspecified atom stereocenters. The van der Waals surface area contributed by atoms with Gasteiger partial charge < -0.3 is 15.2 Å². The number of rotatable bonds is 8. The fourth-order valence-corrected chi connectivity index (χ4v) is 2.92. The minimum absolute atomic E-state index is 0.0942. The zero-order chi connectivity index (χ0) is 19.1. The Morgan fingerprint density at radius 3 is 2.33 bits per heavy atom. The van der Waals surface area contributed by atoms with Crippen LogP contribution >= 0.6 is 11.6 Å². The smallest absolute Gasteiger partial charge is 0.161 e. The molecule has 4 nitrogen and oxygen atoms in total. The van der Waals surface area contributed by atoms with Crippen molar-refractivity contribution in [3.63, 3.8) is 0 Å². The molecule has 0 aliphatic carbocycles. The summed E-state index contributed by atoms with van der Waals surface area (Å²) in [6.07, 6.45) is 4.23. The molecule has 0 fully saturated rings. The molecule has 1 atom stereocenters. The van der Waals surface area contributed by atoms with Crippen molar-refractivity contribution < 1.29 is 9.47 Å². The maximum Gasteiger partial charge on any atom is 0.161 e. The van der Waals surface area contributed by atoms with E-state index in [2.05, 4.69) is 4.98 Å². The highest BCUT2D eigenvalue weighted by Gasteiger charge is 2.11. The number of nitrogens with two attached hydrogens (primary N) is 1. The summed E-state index contributed by atoms with van der Waals surface area (Å²) in [5.41, 5.74) is 9.53. The Balaban J connectivity index is 1.71. The van der Waals surface area contributed by atoms with Crippen molar-refractivity contribution in [1.29, 1.82) is 0 Å². The highest BCUT2D eigenvalue weighted by Crippen LogP contribution is 2.30. The van der Waals surface area contributed by atoms with Crippen molar-refractivity contribution in [1.82, 2.24) is 4.98 Å². The molecule has 0 saturated heterocycles. The van der Waals surface area contributed by atoms with Crippen molar-refractivity contribution in [2.24, 2.45) is 5.73 Å². The van der Waals surface area contributed by atoms with Crippen molar-refractivity contribution in [3.05, 3.63) is 88.7 Å². The molecule has 1 heterocycles. The largest absolute Gasteiger partial charge is 0.490 e. The number of ether oxygens (including phenoxy) is 2. The Kier molecular flexibility index (Phi) is 6.69. The highest BCUT2D eigenvalue weighted by molar-refractivity contribution is 6.30. The standard InChI is InChI=1S/C22H23ClN2O2/c1-2-26-22-14-17(13-20(24)18-9-11-25-12-10-18)5-8-21(22)27-15-16-3-6-19(23)7-4-16/h3-12,14,20H,2,13,15,24H2,1H3. The number of nitrogens with zero attached hydrogens (tertiary/aromatic N) is 1. The molecule has 5 heteroatoms. The predicted molar refractivity (Wildman–Crippen MR) is 108 cm³/mol. The lowest BCUT2D eigenvalue weighted by Crippen LogP contribution is -2.13. The Morgan fingerprint density at radius 2 is 1.63 bits per heavy atom. The van der Waals surface area contributed by atoms with Gasteiger partial charge in [-0.25, -0.2) is 0 Å². The fraction of sp³-hybridized carbons (Fsp3) is 0.227. The number of pyridine rings is 1. The van der Waals surface area contributed by atoms with Gasteiger partial charge in [-0.2, -0.15) is 0 Å². The lowest BCUT2D eigenvalue weighted by molar-refractivity contribution is 0.269. The zero-order valence-electron chi connectivity index (χ0n) is 15.3. The summed E-state index contributed by atoms with van der Waals surface area (Å²) in [5.74, 6) is 1.44. The van der Waals surface area contributed by atoms with Gasteiger partial charge in [0.25, 0.3) is 0 Å². The molecule has 0 spiro atoms. The van der Waals surface area contributed by atoms with Gasteiger partial charge in [0.2, 0.25) is 0 Å². The van der Waals surface area contributed by atoms with E-state index in [1.54, 1.807) is 12.4 Å². The van der Waals surface area contributed by atoms with Crippen LogP contribution in [0.25, 0.3) is 0 Å². The van der Waals surface area contributed by atoms with Gasteiger partial charge in [-0.05, 0) is 66.4 Å². The van der Waals surface area contributed by atoms with Crippen LogP contribution in [0, 0.1) is 0 Å². The van der Waals surface area contributed by atoms with E-state index in [9.17, 15) is 0 Å². The van der Waals surface area contributed by atoms with E-state index in [1.807, 2.05) is 61.5 Å². The van der Waals surface area contributed by atoms with Crippen LogP contribution < -0.4 is 15.2 Å². The van der Waals surface area contributed by atoms with Gasteiger partial charge in [0.1, 0.15) is 6.61 Å². The molecular formula is C22H23ClN2O2. The molecule has 0 aliphatic heterocycles. The summed E-state index contributed by atoms with van der Waals surface area (Å²) in [6.45, 7) is 2.97. The molecule has 0 aliphatic rings. The number of halogens is 1. The molecule has 0 bridgehead atoms. The molecule has 0 amide bonds. The van der Waals surface area contributed by atoms with E-state index in [0.29, 0.717) is 30.4 Å². The van der Waals surface area contributed by atoms with Crippen molar-refractivity contribution in [2.75, 3.05) is 6.61 Å². The van der Waals surface area contributed by atoms with E-state index in [-0.39, 0.29) is 6.04 Å². The first kappa shape index (κ1) is 19.2. The molecular weight excluding hydrogens is 360 g/mol. The Bertz CT molecular complexity index is 854. The predicted octanol–water partition coefficient (Wildman–Crippen LogP) is 4.96. The lowest BCUT2D eigenvalue weighted by atomic mass is 10.0. The first-order chi connectivity index (χ1) is 13.2. The summed E-state index contributed by atoms with van der Waals surface area (Å²) < 4.78 is 11.7. The van der Waals surface area contributed by atoms with Gasteiger partial charge in [-0.15, -0.1) is 0 Å². The maximum absolute atomic E-state index is 6.33. The summed E-state index contributed by atoms with van der Waals surface area (Å²) in [6, 6.07) is 17.4. The average molecular weight is 383 g/mol. The quantitative estimate of drug-likeness (QED) is 0.598. The van der Waals surface area contributed by atoms with Crippen LogP contribution in [-0.4, -0.2) is 11.6 Å². The van der Waals surface area contributed by atoms with Crippen LogP contribution in [0.4, 0.5) is 0 Å². The molecule has 27 heavy (non-hydrogen) atoms. The van der Waals surface area contributed by atoms with Crippen LogP contribution in [0.15, 0.2) is 67.0 Å². The van der Waals surface area contributed by atoms with Gasteiger partial charge >= 0.3 is 0 Å². The summed E-state index contributed by atoms with van der Waals surface area (Å²) in [7, 11) is 0. The first-order valence-corrected chi connectivity index (χ1v) is 9.32. The number of aromatic nitrogens is 1. The molecule has 3 aromatic rings. The van der Waals surface area contributed by atoms with Crippen LogP contribution in [0.3, 0.4) is 0 Å². The number of hydrogen-bond acceptors (Lipinski definition) is 4. The molecule has 2 aromatic carbocycles. The lowest BCUT2D eigenvalue weighted by Gasteiger charge is -2.16. The topological polar surface area (TPSA) is 57.4 Å². The van der Waals surface area contributed by atoms with Crippen LogP contribution in [0.2, 0.25) is 5.02 Å². The van der Waals surface area contributed by atoms with Gasteiger partial charge in [0.15, 0.2) is 11.5 Å². The van der Waals surface area contributed by atoms with Gasteiger partial charge in [-0.1, -0.05) is 29.8 Å². The van der Waals surface area contributed by atoms with Crippen LogP contribution in [0.1, 0.15) is 29.7 Å². The zero-order valence-corrected chi connectivity index (χ0v) is 16.0. The molecule has 3 rings (SSSR count). The molecule has 2 N–H and O–H groups in total. The third-order valence-corrected chi connectivity index (χ3v) is 4.46. The maximum atomic E-state index is 6.33. The minimum atomic E-state index is -0.0942. The minimum Gasteiger partial charge on any atom is -0.490 e. The normalized spacial score (nSPS) is 11.8. The average Bonchev–Trinajstić information content (AvgIpc) is 2.69. The second-order valence-corrected chi connectivity index (χ2v) is 6.66. The van der Waals surface area contributed by atoms with Crippen molar-refractivity contribution in [3.8, 4) is 11.5 Å². The molecule has 140 valence electrons. The Hall–Kier alpha value is -2.56. The van der Waals surface area contributed by atoms with E-state index < -0.39 is 0 Å². The number of hydrogen-bond donors (Lipinski definition) is 1. The summed E-state index contributed by atoms with van der Waals surface area (Å²) in [4.78, 5) is 4.04. The van der Waals surface area contributed by atoms with Gasteiger partial charge in [0, 0.05) is 23.5 Å². The Labute approximate surface area is 164 Å². The third-order valence-electron chi connectivity index (χ3n) is 4.21. The second-order valence-electron chi connectivity index (χ2n) is 6.22. The molecule has 1 aromatic heterocycles.